The van der Waals surface area contributed by atoms with Crippen LogP contribution >= 0.6 is 0 Å². The summed E-state index contributed by atoms with van der Waals surface area (Å²) in [6.45, 7) is 0. The van der Waals surface area contributed by atoms with Crippen molar-refractivity contribution in [1.82, 2.24) is 0 Å². The van der Waals surface area contributed by atoms with E-state index in [0.29, 0.717) is 0 Å². The molecule has 3 nitrogen and oxygen atoms in total. The molecule has 0 unspecified atom stereocenters. The van der Waals surface area contributed by atoms with Gasteiger partial charge in [0.2, 0.25) is 0 Å². The summed E-state index contributed by atoms with van der Waals surface area (Å²) in [6, 6.07) is 0. The third-order valence-electron chi connectivity index (χ3n) is 0. The van der Waals surface area contributed by atoms with Gasteiger partial charge in [-0.1, -0.05) is 0 Å². The zero-order chi connectivity index (χ0) is 3.58. The second-order valence-electron chi connectivity index (χ2n) is 0.189. The molecule has 0 aliphatic rings. The Kier molecular flexibility index (Phi) is 11.5. The van der Waals surface area contributed by atoms with E-state index < -0.39 is 10.8 Å². The van der Waals surface area contributed by atoms with E-state index in [1.54, 1.807) is 0 Å². The summed E-state index contributed by atoms with van der Waals surface area (Å²) >= 11 is 0. The molecule has 26 valence electrons. The average Bonchev–Trinajstić information content (AvgIpc) is 0.811. The molecule has 0 radical (unpaired) electrons. The van der Waals surface area contributed by atoms with Crippen LogP contribution < -0.4 is 65.4 Å². The van der Waals surface area contributed by atoms with Crippen LogP contribution in [-0.4, -0.2) is 0 Å². The Bertz CT molecular complexity index is 11.6. The molecule has 0 atom stereocenters. The maximum absolute atomic E-state index is 8.41. The first-order chi connectivity index (χ1) is 1.73. The average molecular weight is 123 g/mol. The molecular weight excluding hydrogens is 123 g/mol. The molecule has 0 aromatic carbocycles. The van der Waals surface area contributed by atoms with Gasteiger partial charge >= 0.3 is 51.4 Å². The molecule has 0 fully saturated rings. The molecule has 0 N–H and O–H groups in total. The summed E-state index contributed by atoms with van der Waals surface area (Å²) in [7, 11) is -2.85. The molecule has 0 heterocycles. The van der Waals surface area contributed by atoms with Crippen LogP contribution in [0, 0.1) is 10.8 Å². The van der Waals surface area contributed by atoms with Crippen LogP contribution in [0.2, 0.25) is 0 Å². The summed E-state index contributed by atoms with van der Waals surface area (Å²) < 4.78 is 25.2. The van der Waals surface area contributed by atoms with Gasteiger partial charge in [0.15, 0.2) is 0 Å². The largest absolute Gasteiger partial charge is 1.00 e. The van der Waals surface area contributed by atoms with Crippen molar-refractivity contribution in [3.8, 4) is 0 Å². The van der Waals surface area contributed by atoms with Gasteiger partial charge < -0.3 is 14.0 Å². The third-order valence-corrected chi connectivity index (χ3v) is 0. The number of hydrogen-bond acceptors (Lipinski definition) is 3. The molecule has 0 amide bonds. The predicted molar refractivity (Wildman–Crippen MR) is 0 cm³/mol. The van der Waals surface area contributed by atoms with Crippen LogP contribution in [0.25, 0.3) is 0 Å². The molecule has 0 bridgehead atoms. The zero-order valence-electron chi connectivity index (χ0n) is 2.60. The summed E-state index contributed by atoms with van der Waals surface area (Å²) in [5.41, 5.74) is 0. The van der Waals surface area contributed by atoms with Crippen molar-refractivity contribution in [3.63, 3.8) is 0 Å². The van der Waals surface area contributed by atoms with Crippen molar-refractivity contribution in [2.75, 3.05) is 0 Å². The molecule has 5 heavy (non-hydrogen) atoms. The van der Waals surface area contributed by atoms with Crippen molar-refractivity contribution in [2.45, 2.75) is 0 Å². The minimum atomic E-state index is -2.85. The summed E-state index contributed by atoms with van der Waals surface area (Å²) in [4.78, 5) is 0. The maximum Gasteiger partial charge on any atom is 1.00 e. The number of rotatable bonds is 0. The van der Waals surface area contributed by atoms with Crippen molar-refractivity contribution in [3.05, 3.63) is 0 Å². The van der Waals surface area contributed by atoms with Crippen molar-refractivity contribution < 1.29 is 76.1 Å². The standard InChI is InChI=1S/ClO3.K/c2-1(3)4;/q-1;+1. The van der Waals surface area contributed by atoms with Crippen LogP contribution in [0.15, 0.2) is 0 Å². The second kappa shape index (κ2) is 5.81. The fraction of sp³-hybridized carbons (Fsp3) is 0. The van der Waals surface area contributed by atoms with Gasteiger partial charge in [0.1, 0.15) is 0 Å². The molecular formula is ClKO3. The van der Waals surface area contributed by atoms with E-state index in [1.165, 1.54) is 0 Å². The first-order valence-electron chi connectivity index (χ1n) is 0.463. The van der Waals surface area contributed by atoms with E-state index >= 15 is 0 Å². The van der Waals surface area contributed by atoms with E-state index in [1.807, 2.05) is 0 Å². The van der Waals surface area contributed by atoms with Crippen LogP contribution in [0.1, 0.15) is 0 Å². The summed E-state index contributed by atoms with van der Waals surface area (Å²) in [5.74, 6) is 0. The number of halogens is 1. The van der Waals surface area contributed by atoms with Gasteiger partial charge in [-0.3, -0.25) is 0 Å². The van der Waals surface area contributed by atoms with Gasteiger partial charge in [-0.15, -0.1) is 0 Å². The van der Waals surface area contributed by atoms with Crippen molar-refractivity contribution >= 4 is 0 Å². The topological polar surface area (TPSA) is 69.2 Å². The summed E-state index contributed by atoms with van der Waals surface area (Å²) in [6.07, 6.45) is 0. The van der Waals surface area contributed by atoms with Crippen LogP contribution in [0.3, 0.4) is 0 Å². The van der Waals surface area contributed by atoms with Crippen LogP contribution in [0.5, 0.6) is 0 Å². The van der Waals surface area contributed by atoms with Crippen LogP contribution in [-0.2, 0) is 0 Å². The minimum Gasteiger partial charge on any atom is -0.357 e. The normalized spacial score (nSPS) is 7.20. The molecule has 0 aliphatic carbocycles. The first kappa shape index (κ1) is 9.93. The fourth-order valence-corrected chi connectivity index (χ4v) is 0. The predicted octanol–water partition coefficient (Wildman–Crippen LogP) is -6.56. The molecule has 0 aliphatic heterocycles. The molecule has 0 rings (SSSR count). The van der Waals surface area contributed by atoms with E-state index in [4.69, 9.17) is 14.0 Å². The van der Waals surface area contributed by atoms with Crippen molar-refractivity contribution in [1.29, 1.82) is 0 Å². The van der Waals surface area contributed by atoms with E-state index in [0.717, 1.165) is 0 Å². The molecule has 0 aromatic rings. The Labute approximate surface area is 74.8 Å². The molecule has 0 saturated carbocycles. The molecule has 0 aromatic heterocycles. The maximum atomic E-state index is 8.41. The molecule has 0 spiro atoms. The Balaban J connectivity index is 0. The smallest absolute Gasteiger partial charge is 0.357 e. The Morgan fingerprint density at radius 1 is 1.00 bits per heavy atom. The van der Waals surface area contributed by atoms with Gasteiger partial charge in [-0.05, 0) is 0 Å². The SMILES string of the molecule is [K+].[O-][Cl+2]([O-])[O-]. The Morgan fingerprint density at radius 2 is 1.00 bits per heavy atom. The minimum absolute atomic E-state index is 0. The zero-order valence-corrected chi connectivity index (χ0v) is 6.48. The van der Waals surface area contributed by atoms with Gasteiger partial charge in [-0.2, -0.15) is 0 Å². The number of hydrogen-bond donors (Lipinski definition) is 0. The molecule has 5 heteroatoms. The van der Waals surface area contributed by atoms with E-state index in [9.17, 15) is 0 Å². The summed E-state index contributed by atoms with van der Waals surface area (Å²) in [5, 5.41) is 0. The second-order valence-corrected chi connectivity index (χ2v) is 0.567. The third kappa shape index (κ3) is 25.8. The van der Waals surface area contributed by atoms with Gasteiger partial charge in [0.25, 0.3) is 0 Å². The monoisotopic (exact) mass is 122 g/mol. The van der Waals surface area contributed by atoms with Crippen molar-refractivity contribution in [2.24, 2.45) is 0 Å². The van der Waals surface area contributed by atoms with Gasteiger partial charge in [0, 0.05) is 0 Å². The van der Waals surface area contributed by atoms with E-state index in [2.05, 4.69) is 0 Å². The fourth-order valence-electron chi connectivity index (χ4n) is 0. The first-order valence-corrected chi connectivity index (χ1v) is 1.39. The Hall–Kier alpha value is 1.81. The van der Waals surface area contributed by atoms with Crippen LogP contribution in [0.4, 0.5) is 0 Å². The van der Waals surface area contributed by atoms with Gasteiger partial charge in [0.05, 0.1) is 10.8 Å². The molecule has 0 saturated heterocycles. The van der Waals surface area contributed by atoms with E-state index in [-0.39, 0.29) is 51.4 Å². The van der Waals surface area contributed by atoms with Gasteiger partial charge in [-0.25, -0.2) is 0 Å². The Morgan fingerprint density at radius 3 is 1.00 bits per heavy atom. The quantitative estimate of drug-likeness (QED) is 0.300.